The molecule has 0 aromatic heterocycles. The number of piperidine rings is 3. The Balaban J connectivity index is 1.54. The number of amides is 1. The van der Waals surface area contributed by atoms with E-state index in [-0.39, 0.29) is 11.9 Å². The minimum absolute atomic E-state index is 0.0424. The first-order chi connectivity index (χ1) is 8.33. The molecular formula is C12H22N4O. The van der Waals surface area contributed by atoms with E-state index in [0.717, 1.165) is 26.2 Å². The third-order valence-corrected chi connectivity index (χ3v) is 4.34. The molecule has 2 bridgehead atoms. The molecule has 0 saturated carbocycles. The van der Waals surface area contributed by atoms with E-state index in [2.05, 4.69) is 20.9 Å². The van der Waals surface area contributed by atoms with Crippen LogP contribution >= 0.6 is 0 Å². The van der Waals surface area contributed by atoms with Gasteiger partial charge in [0, 0.05) is 32.2 Å². The van der Waals surface area contributed by atoms with Crippen LogP contribution in [-0.4, -0.2) is 62.2 Å². The van der Waals surface area contributed by atoms with Crippen LogP contribution in [0.5, 0.6) is 0 Å². The molecule has 4 rings (SSSR count). The van der Waals surface area contributed by atoms with Crippen LogP contribution in [0.2, 0.25) is 0 Å². The molecule has 4 heterocycles. The maximum atomic E-state index is 12.1. The largest absolute Gasteiger partial charge is 0.350 e. The SMILES string of the molecule is O=C(NC1CN2CCC1CC2)C1CNCCN1. The van der Waals surface area contributed by atoms with Crippen molar-refractivity contribution in [3.8, 4) is 0 Å². The van der Waals surface area contributed by atoms with Gasteiger partial charge < -0.3 is 20.9 Å². The third-order valence-electron chi connectivity index (χ3n) is 4.34. The van der Waals surface area contributed by atoms with E-state index in [4.69, 9.17) is 0 Å². The molecule has 96 valence electrons. The molecule has 2 unspecified atom stereocenters. The van der Waals surface area contributed by atoms with Gasteiger partial charge in [0.15, 0.2) is 0 Å². The zero-order chi connectivity index (χ0) is 11.7. The van der Waals surface area contributed by atoms with Gasteiger partial charge in [-0.3, -0.25) is 4.79 Å². The molecule has 5 nitrogen and oxygen atoms in total. The summed E-state index contributed by atoms with van der Waals surface area (Å²) >= 11 is 0. The highest BCUT2D eigenvalue weighted by Crippen LogP contribution is 2.27. The Morgan fingerprint density at radius 3 is 2.65 bits per heavy atom. The summed E-state index contributed by atoms with van der Waals surface area (Å²) < 4.78 is 0. The smallest absolute Gasteiger partial charge is 0.238 e. The van der Waals surface area contributed by atoms with Crippen molar-refractivity contribution in [2.75, 3.05) is 39.3 Å². The van der Waals surface area contributed by atoms with E-state index in [1.54, 1.807) is 0 Å². The highest BCUT2D eigenvalue weighted by Gasteiger charge is 2.35. The lowest BCUT2D eigenvalue weighted by molar-refractivity contribution is -0.125. The molecular weight excluding hydrogens is 216 g/mol. The van der Waals surface area contributed by atoms with Crippen LogP contribution in [0.15, 0.2) is 0 Å². The van der Waals surface area contributed by atoms with Gasteiger partial charge in [-0.2, -0.15) is 0 Å². The Labute approximate surface area is 102 Å². The fraction of sp³-hybridized carbons (Fsp3) is 0.917. The minimum atomic E-state index is -0.0424. The Morgan fingerprint density at radius 1 is 1.24 bits per heavy atom. The number of carbonyl (C=O) groups is 1. The molecule has 0 aromatic rings. The van der Waals surface area contributed by atoms with Crippen molar-refractivity contribution < 1.29 is 4.79 Å². The van der Waals surface area contributed by atoms with Gasteiger partial charge in [-0.05, 0) is 31.8 Å². The van der Waals surface area contributed by atoms with Crippen LogP contribution in [0.25, 0.3) is 0 Å². The Bertz CT molecular complexity index is 282. The van der Waals surface area contributed by atoms with Crippen LogP contribution in [0, 0.1) is 5.92 Å². The average molecular weight is 238 g/mol. The van der Waals surface area contributed by atoms with Crippen LogP contribution in [0.4, 0.5) is 0 Å². The topological polar surface area (TPSA) is 56.4 Å². The number of nitrogens with zero attached hydrogens (tertiary/aromatic N) is 1. The number of piperazine rings is 1. The average Bonchev–Trinajstić information content (AvgIpc) is 2.41. The predicted molar refractivity (Wildman–Crippen MR) is 65.8 cm³/mol. The van der Waals surface area contributed by atoms with E-state index in [9.17, 15) is 4.79 Å². The third kappa shape index (κ3) is 2.46. The Hall–Kier alpha value is -0.650. The summed E-state index contributed by atoms with van der Waals surface area (Å²) in [5.41, 5.74) is 0. The maximum Gasteiger partial charge on any atom is 0.238 e. The number of rotatable bonds is 2. The second-order valence-corrected chi connectivity index (χ2v) is 5.46. The van der Waals surface area contributed by atoms with E-state index < -0.39 is 0 Å². The summed E-state index contributed by atoms with van der Waals surface area (Å²) in [6.07, 6.45) is 2.50. The lowest BCUT2D eigenvalue weighted by atomic mass is 9.84. The number of hydrogen-bond acceptors (Lipinski definition) is 4. The molecule has 4 saturated heterocycles. The number of carbonyl (C=O) groups excluding carboxylic acids is 1. The van der Waals surface area contributed by atoms with Crippen LogP contribution in [0.1, 0.15) is 12.8 Å². The predicted octanol–water partition coefficient (Wildman–Crippen LogP) is -1.24. The minimum Gasteiger partial charge on any atom is -0.350 e. The van der Waals surface area contributed by atoms with Gasteiger partial charge in [-0.25, -0.2) is 0 Å². The summed E-state index contributed by atoms with van der Waals surface area (Å²) in [5.74, 6) is 0.886. The number of nitrogens with one attached hydrogen (secondary N) is 3. The molecule has 0 spiro atoms. The zero-order valence-corrected chi connectivity index (χ0v) is 10.2. The van der Waals surface area contributed by atoms with Gasteiger partial charge in [0.25, 0.3) is 0 Å². The van der Waals surface area contributed by atoms with Crippen molar-refractivity contribution >= 4 is 5.91 Å². The van der Waals surface area contributed by atoms with Crippen molar-refractivity contribution in [2.24, 2.45) is 5.92 Å². The summed E-state index contributed by atoms with van der Waals surface area (Å²) in [4.78, 5) is 14.6. The molecule has 4 fully saturated rings. The molecule has 0 radical (unpaired) electrons. The van der Waals surface area contributed by atoms with Crippen LogP contribution in [-0.2, 0) is 4.79 Å². The molecule has 1 amide bonds. The van der Waals surface area contributed by atoms with Crippen LogP contribution < -0.4 is 16.0 Å². The van der Waals surface area contributed by atoms with Gasteiger partial charge >= 0.3 is 0 Å². The van der Waals surface area contributed by atoms with Gasteiger partial charge in [-0.15, -0.1) is 0 Å². The Kier molecular flexibility index (Phi) is 3.31. The standard InChI is InChI=1S/C12H22N4O/c17-12(10-7-13-3-4-14-10)15-11-8-16-5-1-9(11)2-6-16/h9-11,13-14H,1-8H2,(H,15,17). The quantitative estimate of drug-likeness (QED) is 0.563. The van der Waals surface area contributed by atoms with E-state index >= 15 is 0 Å². The van der Waals surface area contributed by atoms with E-state index in [1.807, 2.05) is 0 Å². The molecule has 0 aromatic carbocycles. The molecule has 0 aliphatic carbocycles. The molecule has 4 aliphatic heterocycles. The lowest BCUT2D eigenvalue weighted by Gasteiger charge is -2.45. The summed E-state index contributed by atoms with van der Waals surface area (Å²) in [7, 11) is 0. The lowest BCUT2D eigenvalue weighted by Crippen LogP contribution is -2.62. The second-order valence-electron chi connectivity index (χ2n) is 5.46. The number of hydrogen-bond donors (Lipinski definition) is 3. The normalized spacial score (nSPS) is 41.2. The molecule has 3 N–H and O–H groups in total. The van der Waals surface area contributed by atoms with Gasteiger partial charge in [0.1, 0.15) is 0 Å². The summed E-state index contributed by atoms with van der Waals surface area (Å²) in [6.45, 7) is 6.10. The summed E-state index contributed by atoms with van der Waals surface area (Å²) in [5, 5.41) is 9.75. The van der Waals surface area contributed by atoms with Crippen molar-refractivity contribution in [2.45, 2.75) is 24.9 Å². The fourth-order valence-corrected chi connectivity index (χ4v) is 3.25. The first-order valence-electron chi connectivity index (χ1n) is 6.80. The molecule has 2 atom stereocenters. The van der Waals surface area contributed by atoms with Crippen molar-refractivity contribution in [3.05, 3.63) is 0 Å². The van der Waals surface area contributed by atoms with Gasteiger partial charge in [0.05, 0.1) is 6.04 Å². The molecule has 5 heteroatoms. The number of fused-ring (bicyclic) bond motifs is 3. The molecule has 4 aliphatic rings. The highest BCUT2D eigenvalue weighted by atomic mass is 16.2. The van der Waals surface area contributed by atoms with Gasteiger partial charge in [-0.1, -0.05) is 0 Å². The zero-order valence-electron chi connectivity index (χ0n) is 10.2. The van der Waals surface area contributed by atoms with Gasteiger partial charge in [0.2, 0.25) is 5.91 Å². The van der Waals surface area contributed by atoms with Crippen molar-refractivity contribution in [1.82, 2.24) is 20.9 Å². The van der Waals surface area contributed by atoms with E-state index in [1.165, 1.54) is 25.9 Å². The Morgan fingerprint density at radius 2 is 2.06 bits per heavy atom. The second kappa shape index (κ2) is 4.92. The monoisotopic (exact) mass is 238 g/mol. The first-order valence-corrected chi connectivity index (χ1v) is 6.80. The first kappa shape index (κ1) is 11.4. The highest BCUT2D eigenvalue weighted by molar-refractivity contribution is 5.82. The molecule has 17 heavy (non-hydrogen) atoms. The fourth-order valence-electron chi connectivity index (χ4n) is 3.25. The van der Waals surface area contributed by atoms with Crippen molar-refractivity contribution in [3.63, 3.8) is 0 Å². The van der Waals surface area contributed by atoms with Crippen molar-refractivity contribution in [1.29, 1.82) is 0 Å². The van der Waals surface area contributed by atoms with Crippen LogP contribution in [0.3, 0.4) is 0 Å². The summed E-state index contributed by atoms with van der Waals surface area (Å²) in [6, 6.07) is 0.341. The van der Waals surface area contributed by atoms with E-state index in [0.29, 0.717) is 12.0 Å². The maximum absolute atomic E-state index is 12.1.